The van der Waals surface area contributed by atoms with Crippen LogP contribution >= 0.6 is 15.6 Å². The maximum atomic E-state index is 13.0. The summed E-state index contributed by atoms with van der Waals surface area (Å²) in [6.07, 6.45) is 50.1. The van der Waals surface area contributed by atoms with Gasteiger partial charge in [0.25, 0.3) is 0 Å². The molecule has 6 atom stereocenters. The lowest BCUT2D eigenvalue weighted by Gasteiger charge is -2.21. The van der Waals surface area contributed by atoms with Crippen LogP contribution in [0.3, 0.4) is 0 Å². The number of hydrogen-bond acceptors (Lipinski definition) is 15. The van der Waals surface area contributed by atoms with E-state index in [1.807, 2.05) is 0 Å². The van der Waals surface area contributed by atoms with Crippen molar-refractivity contribution in [1.29, 1.82) is 0 Å². The zero-order valence-corrected chi connectivity index (χ0v) is 59.4. The molecule has 17 nitrogen and oxygen atoms in total. The number of esters is 4. The molecule has 0 spiro atoms. The fraction of sp³-hybridized carbons (Fsp3) is 0.943. The van der Waals surface area contributed by atoms with Crippen molar-refractivity contribution in [3.63, 3.8) is 0 Å². The average molecular weight is 1310 g/mol. The minimum Gasteiger partial charge on any atom is -0.462 e. The Bertz CT molecular complexity index is 1720. The molecule has 0 saturated carbocycles. The Labute approximate surface area is 543 Å². The molecule has 0 bridgehead atoms. The number of aliphatic hydroxyl groups excluding tert-OH is 1. The molecule has 0 saturated heterocycles. The smallest absolute Gasteiger partial charge is 0.462 e. The molecule has 0 rings (SSSR count). The monoisotopic (exact) mass is 1310 g/mol. The van der Waals surface area contributed by atoms with Crippen LogP contribution < -0.4 is 0 Å². The summed E-state index contributed by atoms with van der Waals surface area (Å²) in [5.74, 6) is -1.41. The van der Waals surface area contributed by atoms with Crippen LogP contribution in [0, 0.1) is 5.92 Å². The van der Waals surface area contributed by atoms with Crippen molar-refractivity contribution in [3.05, 3.63) is 0 Å². The maximum absolute atomic E-state index is 13.0. The van der Waals surface area contributed by atoms with Gasteiger partial charge in [0, 0.05) is 25.7 Å². The van der Waals surface area contributed by atoms with Crippen LogP contribution in [0.15, 0.2) is 0 Å². The first-order valence-electron chi connectivity index (χ1n) is 36.7. The summed E-state index contributed by atoms with van der Waals surface area (Å²) in [6, 6.07) is 0. The summed E-state index contributed by atoms with van der Waals surface area (Å²) < 4.78 is 68.2. The van der Waals surface area contributed by atoms with E-state index in [4.69, 9.17) is 37.0 Å². The van der Waals surface area contributed by atoms with Crippen molar-refractivity contribution in [2.24, 2.45) is 5.92 Å². The predicted molar refractivity (Wildman–Crippen MR) is 358 cm³/mol. The zero-order chi connectivity index (χ0) is 65.6. The molecular weight excluding hydrogens is 1170 g/mol. The Morgan fingerprint density at radius 1 is 0.315 bits per heavy atom. The molecule has 0 aliphatic heterocycles. The van der Waals surface area contributed by atoms with Gasteiger partial charge in [-0.15, -0.1) is 0 Å². The highest BCUT2D eigenvalue weighted by Crippen LogP contribution is 2.45. The molecule has 3 N–H and O–H groups in total. The lowest BCUT2D eigenvalue weighted by Crippen LogP contribution is -2.30. The molecular formula is C70H136O17P2. The first kappa shape index (κ1) is 87.1. The summed E-state index contributed by atoms with van der Waals surface area (Å²) in [6.45, 7) is 7.16. The van der Waals surface area contributed by atoms with E-state index in [9.17, 15) is 43.2 Å². The van der Waals surface area contributed by atoms with E-state index in [0.717, 1.165) is 109 Å². The Morgan fingerprint density at radius 3 is 0.798 bits per heavy atom. The van der Waals surface area contributed by atoms with Gasteiger partial charge in [-0.1, -0.05) is 311 Å². The largest absolute Gasteiger partial charge is 0.472 e. The van der Waals surface area contributed by atoms with E-state index in [-0.39, 0.29) is 25.7 Å². The van der Waals surface area contributed by atoms with E-state index in [2.05, 4.69) is 34.6 Å². The van der Waals surface area contributed by atoms with Gasteiger partial charge >= 0.3 is 39.5 Å². The molecule has 19 heteroatoms. The van der Waals surface area contributed by atoms with Crippen molar-refractivity contribution in [1.82, 2.24) is 0 Å². The zero-order valence-electron chi connectivity index (χ0n) is 57.6. The number of phosphoric acid groups is 2. The second kappa shape index (κ2) is 63.5. The maximum Gasteiger partial charge on any atom is 0.472 e. The standard InChI is InChI=1S/C70H136O17P2/c1-6-10-13-16-19-21-23-25-27-29-31-33-35-38-44-49-54-68(73)81-60-65(86-69(74)55-50-45-39-36-34-32-30-28-26-24-22-20-17-14-11-7-2)61-84-88(76,77)82-57-64(71)58-83-89(78,79)85-62-66(59-80-67(72)53-48-43-37-18-15-12-8-3)87-70(75)56-51-46-41-40-42-47-52-63(5)9-4/h63-66,71H,6-62H2,1-5H3,(H,76,77)(H,78,79)/t63?,64-,65-,66-/m1/s1. The molecule has 0 fully saturated rings. The van der Waals surface area contributed by atoms with E-state index < -0.39 is 97.5 Å². The van der Waals surface area contributed by atoms with Gasteiger partial charge in [-0.25, -0.2) is 9.13 Å². The lowest BCUT2D eigenvalue weighted by atomic mass is 10.00. The van der Waals surface area contributed by atoms with Crippen LogP contribution in [-0.4, -0.2) is 96.7 Å². The van der Waals surface area contributed by atoms with E-state index in [1.165, 1.54) is 173 Å². The number of rotatable bonds is 70. The average Bonchev–Trinajstić information content (AvgIpc) is 3.72. The molecule has 528 valence electrons. The number of aliphatic hydroxyl groups is 1. The molecule has 3 unspecified atom stereocenters. The predicted octanol–water partition coefficient (Wildman–Crippen LogP) is 20.1. The summed E-state index contributed by atoms with van der Waals surface area (Å²) >= 11 is 0. The van der Waals surface area contributed by atoms with Gasteiger partial charge in [0.2, 0.25) is 0 Å². The molecule has 0 aromatic heterocycles. The Kier molecular flexibility index (Phi) is 62.1. The third-order valence-electron chi connectivity index (χ3n) is 16.6. The van der Waals surface area contributed by atoms with Crippen molar-refractivity contribution in [2.75, 3.05) is 39.6 Å². The summed E-state index contributed by atoms with van der Waals surface area (Å²) in [5.41, 5.74) is 0. The number of unbranched alkanes of at least 4 members (excludes halogenated alkanes) is 41. The van der Waals surface area contributed by atoms with Crippen LogP contribution in [0.1, 0.15) is 362 Å². The van der Waals surface area contributed by atoms with Gasteiger partial charge in [-0.2, -0.15) is 0 Å². The van der Waals surface area contributed by atoms with Crippen molar-refractivity contribution >= 4 is 39.5 Å². The first-order chi connectivity index (χ1) is 43.1. The molecule has 0 aliphatic carbocycles. The summed E-state index contributed by atoms with van der Waals surface area (Å²) in [5, 5.41) is 10.6. The number of hydrogen-bond donors (Lipinski definition) is 3. The molecule has 0 heterocycles. The number of phosphoric ester groups is 2. The number of ether oxygens (including phenoxy) is 4. The van der Waals surface area contributed by atoms with Crippen LogP contribution in [0.5, 0.6) is 0 Å². The van der Waals surface area contributed by atoms with Crippen LogP contribution in [-0.2, 0) is 65.4 Å². The van der Waals surface area contributed by atoms with E-state index in [0.29, 0.717) is 25.7 Å². The third kappa shape index (κ3) is 63.2. The van der Waals surface area contributed by atoms with Crippen molar-refractivity contribution < 1.29 is 80.2 Å². The normalized spacial score (nSPS) is 14.4. The second-order valence-corrected chi connectivity index (χ2v) is 28.4. The molecule has 0 aliphatic rings. The molecule has 0 radical (unpaired) electrons. The number of carbonyl (C=O) groups is 4. The molecule has 0 aromatic carbocycles. The third-order valence-corrected chi connectivity index (χ3v) is 18.5. The Hall–Kier alpha value is -1.94. The summed E-state index contributed by atoms with van der Waals surface area (Å²) in [4.78, 5) is 72.4. The molecule has 0 aromatic rings. The lowest BCUT2D eigenvalue weighted by molar-refractivity contribution is -0.161. The Morgan fingerprint density at radius 2 is 0.539 bits per heavy atom. The van der Waals surface area contributed by atoms with Gasteiger partial charge < -0.3 is 33.8 Å². The fourth-order valence-corrected chi connectivity index (χ4v) is 12.2. The van der Waals surface area contributed by atoms with Crippen LogP contribution in [0.25, 0.3) is 0 Å². The molecule has 89 heavy (non-hydrogen) atoms. The Balaban J connectivity index is 5.20. The van der Waals surface area contributed by atoms with E-state index >= 15 is 0 Å². The highest BCUT2D eigenvalue weighted by atomic mass is 31.2. The van der Waals surface area contributed by atoms with Crippen molar-refractivity contribution in [2.45, 2.75) is 380 Å². The minimum absolute atomic E-state index is 0.103. The summed E-state index contributed by atoms with van der Waals surface area (Å²) in [7, 11) is -9.89. The van der Waals surface area contributed by atoms with Gasteiger partial charge in [0.15, 0.2) is 12.2 Å². The minimum atomic E-state index is -4.95. The van der Waals surface area contributed by atoms with Gasteiger partial charge in [-0.05, 0) is 31.6 Å². The quantitative estimate of drug-likeness (QED) is 0.0222. The van der Waals surface area contributed by atoms with Crippen LogP contribution in [0.2, 0.25) is 0 Å². The number of carbonyl (C=O) groups excluding carboxylic acids is 4. The van der Waals surface area contributed by atoms with Gasteiger partial charge in [-0.3, -0.25) is 37.3 Å². The van der Waals surface area contributed by atoms with Gasteiger partial charge in [0.1, 0.15) is 19.3 Å². The first-order valence-corrected chi connectivity index (χ1v) is 39.7. The highest BCUT2D eigenvalue weighted by Gasteiger charge is 2.30. The topological polar surface area (TPSA) is 237 Å². The van der Waals surface area contributed by atoms with E-state index in [1.54, 1.807) is 0 Å². The van der Waals surface area contributed by atoms with Crippen molar-refractivity contribution in [3.8, 4) is 0 Å². The van der Waals surface area contributed by atoms with Crippen LogP contribution in [0.4, 0.5) is 0 Å². The second-order valence-electron chi connectivity index (χ2n) is 25.5. The highest BCUT2D eigenvalue weighted by molar-refractivity contribution is 7.47. The SMILES string of the molecule is CCCCCCCCCCCCCCCCCCC(=O)OC[C@H](COP(=O)(O)OC[C@@H](O)COP(=O)(O)OC[C@@H](COC(=O)CCCCCCCCC)OC(=O)CCCCCCCCC(C)CC)OC(=O)CCCCCCCCCCCCCCCCCC. The van der Waals surface area contributed by atoms with Gasteiger partial charge in [0.05, 0.1) is 26.4 Å². The fourth-order valence-electron chi connectivity index (χ4n) is 10.6. The molecule has 0 amide bonds.